The summed E-state index contributed by atoms with van der Waals surface area (Å²) >= 11 is 7.22. The molecule has 21 heavy (non-hydrogen) atoms. The molecule has 1 aromatic carbocycles. The van der Waals surface area contributed by atoms with Crippen molar-refractivity contribution in [2.24, 2.45) is 0 Å². The summed E-state index contributed by atoms with van der Waals surface area (Å²) < 4.78 is 5.13. The van der Waals surface area contributed by atoms with Crippen LogP contribution in [-0.2, 0) is 16.0 Å². The molecule has 1 aromatic heterocycles. The number of benzene rings is 1. The smallest absolute Gasteiger partial charge is 0.228 e. The monoisotopic (exact) mass is 325 g/mol. The van der Waals surface area contributed by atoms with Gasteiger partial charge in [0.2, 0.25) is 11.0 Å². The molecule has 112 valence electrons. The second-order valence-corrected chi connectivity index (χ2v) is 5.80. The summed E-state index contributed by atoms with van der Waals surface area (Å²) in [6.45, 7) is 2.92. The summed E-state index contributed by atoms with van der Waals surface area (Å²) in [7, 11) is 0. The van der Waals surface area contributed by atoms with Crippen molar-refractivity contribution in [3.8, 4) is 0 Å². The fraction of sp³-hybridized carbons (Fsp3) is 0.357. The van der Waals surface area contributed by atoms with Crippen LogP contribution >= 0.6 is 22.9 Å². The van der Waals surface area contributed by atoms with Gasteiger partial charge in [0.15, 0.2) is 0 Å². The minimum atomic E-state index is -0.113. The molecule has 2 aromatic rings. The first-order valence-corrected chi connectivity index (χ1v) is 7.81. The van der Waals surface area contributed by atoms with Gasteiger partial charge in [0.25, 0.3) is 0 Å². The number of aromatic nitrogens is 2. The largest absolute Gasteiger partial charge is 0.381 e. The molecule has 0 atom stereocenters. The normalized spacial score (nSPS) is 10.6. The van der Waals surface area contributed by atoms with Crippen LogP contribution in [0, 0.1) is 0 Å². The van der Waals surface area contributed by atoms with Crippen molar-refractivity contribution in [3.63, 3.8) is 0 Å². The Labute approximate surface area is 132 Å². The molecule has 0 spiro atoms. The quantitative estimate of drug-likeness (QED) is 0.794. The molecule has 0 radical (unpaired) electrons. The molecule has 7 heteroatoms. The summed E-state index contributed by atoms with van der Waals surface area (Å²) in [5.41, 5.74) is 1.10. The van der Waals surface area contributed by atoms with Crippen LogP contribution in [0.1, 0.15) is 23.9 Å². The number of anilines is 1. The van der Waals surface area contributed by atoms with E-state index >= 15 is 0 Å². The molecule has 0 saturated heterocycles. The van der Waals surface area contributed by atoms with E-state index in [1.54, 1.807) is 0 Å². The molecule has 0 unspecified atom stereocenters. The Morgan fingerprint density at radius 1 is 1.33 bits per heavy atom. The molecule has 0 bridgehead atoms. The van der Waals surface area contributed by atoms with E-state index in [0.29, 0.717) is 36.2 Å². The summed E-state index contributed by atoms with van der Waals surface area (Å²) in [6, 6.07) is 7.58. The Kier molecular flexibility index (Phi) is 6.10. The number of ether oxygens (including phenoxy) is 1. The predicted molar refractivity (Wildman–Crippen MR) is 83.9 cm³/mol. The van der Waals surface area contributed by atoms with Gasteiger partial charge in [-0.15, -0.1) is 10.2 Å². The second kappa shape index (κ2) is 8.07. The summed E-state index contributed by atoms with van der Waals surface area (Å²) in [4.78, 5) is 11.6. The predicted octanol–water partition coefficient (Wildman–Crippen LogP) is 3.15. The molecule has 0 fully saturated rings. The third-order valence-electron chi connectivity index (χ3n) is 2.66. The number of carbonyl (C=O) groups is 1. The third kappa shape index (κ3) is 5.41. The van der Waals surface area contributed by atoms with Crippen LogP contribution in [-0.4, -0.2) is 29.3 Å². The highest BCUT2D eigenvalue weighted by atomic mass is 35.5. The highest BCUT2D eigenvalue weighted by Crippen LogP contribution is 2.19. The number of amides is 1. The number of hydrogen-bond donors (Lipinski definition) is 1. The van der Waals surface area contributed by atoms with Crippen molar-refractivity contribution in [3.05, 3.63) is 39.9 Å². The van der Waals surface area contributed by atoms with Gasteiger partial charge < -0.3 is 10.1 Å². The van der Waals surface area contributed by atoms with Crippen LogP contribution in [0.2, 0.25) is 5.02 Å². The minimum absolute atomic E-state index is 0.113. The van der Waals surface area contributed by atoms with E-state index in [0.717, 1.165) is 10.6 Å². The highest BCUT2D eigenvalue weighted by Gasteiger charge is 2.08. The number of carbonyl (C=O) groups excluding carboxylic acids is 1. The molecular formula is C14H16ClN3O2S. The van der Waals surface area contributed by atoms with E-state index < -0.39 is 0 Å². The van der Waals surface area contributed by atoms with Crippen molar-refractivity contribution in [2.45, 2.75) is 19.8 Å². The molecule has 0 aliphatic rings. The number of halogens is 1. The van der Waals surface area contributed by atoms with Crippen LogP contribution in [0.5, 0.6) is 0 Å². The Morgan fingerprint density at radius 3 is 2.81 bits per heavy atom. The highest BCUT2D eigenvalue weighted by molar-refractivity contribution is 7.15. The van der Waals surface area contributed by atoms with Gasteiger partial charge in [-0.2, -0.15) is 0 Å². The summed E-state index contributed by atoms with van der Waals surface area (Å²) in [5, 5.41) is 12.8. The van der Waals surface area contributed by atoms with E-state index in [4.69, 9.17) is 16.3 Å². The fourth-order valence-electron chi connectivity index (χ4n) is 1.64. The summed E-state index contributed by atoms with van der Waals surface area (Å²) in [5.74, 6) is -0.113. The first-order valence-electron chi connectivity index (χ1n) is 6.62. The number of hydrogen-bond acceptors (Lipinski definition) is 5. The Hall–Kier alpha value is -1.50. The van der Waals surface area contributed by atoms with E-state index in [1.165, 1.54) is 11.3 Å². The zero-order valence-electron chi connectivity index (χ0n) is 11.6. The number of rotatable bonds is 7. The second-order valence-electron chi connectivity index (χ2n) is 4.30. The maximum atomic E-state index is 11.6. The van der Waals surface area contributed by atoms with Crippen molar-refractivity contribution < 1.29 is 9.53 Å². The molecule has 2 rings (SSSR count). The van der Waals surface area contributed by atoms with Crippen LogP contribution in [0.15, 0.2) is 24.3 Å². The van der Waals surface area contributed by atoms with E-state index in [1.807, 2.05) is 31.2 Å². The fourth-order valence-corrected chi connectivity index (χ4v) is 2.56. The van der Waals surface area contributed by atoms with Gasteiger partial charge in [0.05, 0.1) is 13.0 Å². The molecule has 1 N–H and O–H groups in total. The van der Waals surface area contributed by atoms with Crippen molar-refractivity contribution in [1.82, 2.24) is 10.2 Å². The van der Waals surface area contributed by atoms with Crippen LogP contribution in [0.4, 0.5) is 5.13 Å². The van der Waals surface area contributed by atoms with E-state index in [-0.39, 0.29) is 5.91 Å². The van der Waals surface area contributed by atoms with Gasteiger partial charge >= 0.3 is 0 Å². The Balaban J connectivity index is 1.86. The van der Waals surface area contributed by atoms with E-state index in [9.17, 15) is 4.79 Å². The van der Waals surface area contributed by atoms with Crippen LogP contribution in [0.25, 0.3) is 0 Å². The number of nitrogens with one attached hydrogen (secondary N) is 1. The third-order valence-corrected chi connectivity index (χ3v) is 3.75. The maximum Gasteiger partial charge on any atom is 0.228 e. The Morgan fingerprint density at radius 2 is 2.10 bits per heavy atom. The standard InChI is InChI=1S/C14H16ClN3O2S/c1-2-20-8-7-12(19)16-14-18-17-13(21-14)9-10-3-5-11(15)6-4-10/h3-6H,2,7-9H2,1H3,(H,16,18,19). The van der Waals surface area contributed by atoms with Crippen molar-refractivity contribution in [2.75, 3.05) is 18.5 Å². The average molecular weight is 326 g/mol. The molecule has 5 nitrogen and oxygen atoms in total. The first-order chi connectivity index (χ1) is 10.2. The van der Waals surface area contributed by atoms with Gasteiger partial charge in [0.1, 0.15) is 5.01 Å². The Bertz CT molecular complexity index is 586. The lowest BCUT2D eigenvalue weighted by atomic mass is 10.2. The molecule has 0 aliphatic carbocycles. The lowest BCUT2D eigenvalue weighted by Crippen LogP contribution is -2.13. The van der Waals surface area contributed by atoms with E-state index in [2.05, 4.69) is 15.5 Å². The molecule has 0 aliphatic heterocycles. The molecule has 0 saturated carbocycles. The molecular weight excluding hydrogens is 310 g/mol. The minimum Gasteiger partial charge on any atom is -0.381 e. The van der Waals surface area contributed by atoms with Gasteiger partial charge in [-0.05, 0) is 24.6 Å². The van der Waals surface area contributed by atoms with Gasteiger partial charge in [0, 0.05) is 18.1 Å². The maximum absolute atomic E-state index is 11.6. The van der Waals surface area contributed by atoms with Crippen LogP contribution < -0.4 is 5.32 Å². The summed E-state index contributed by atoms with van der Waals surface area (Å²) in [6.07, 6.45) is 0.990. The number of nitrogens with zero attached hydrogens (tertiary/aromatic N) is 2. The first kappa shape index (κ1) is 15.9. The average Bonchev–Trinajstić information content (AvgIpc) is 2.89. The van der Waals surface area contributed by atoms with Crippen LogP contribution in [0.3, 0.4) is 0 Å². The lowest BCUT2D eigenvalue weighted by Gasteiger charge is -2.00. The molecule has 1 heterocycles. The van der Waals surface area contributed by atoms with Gasteiger partial charge in [-0.3, -0.25) is 4.79 Å². The van der Waals surface area contributed by atoms with Crippen molar-refractivity contribution in [1.29, 1.82) is 0 Å². The lowest BCUT2D eigenvalue weighted by molar-refractivity contribution is -0.117. The van der Waals surface area contributed by atoms with Crippen molar-refractivity contribution >= 4 is 34.0 Å². The molecule has 1 amide bonds. The topological polar surface area (TPSA) is 64.1 Å². The van der Waals surface area contributed by atoms with Gasteiger partial charge in [-0.25, -0.2) is 0 Å². The SMILES string of the molecule is CCOCCC(=O)Nc1nnc(Cc2ccc(Cl)cc2)s1. The van der Waals surface area contributed by atoms with Gasteiger partial charge in [-0.1, -0.05) is 35.1 Å². The zero-order valence-corrected chi connectivity index (χ0v) is 13.2. The zero-order chi connectivity index (χ0) is 15.1.